The van der Waals surface area contributed by atoms with E-state index < -0.39 is 8.32 Å². The molecule has 0 radical (unpaired) electrons. The number of ether oxygens (including phenoxy) is 1. The summed E-state index contributed by atoms with van der Waals surface area (Å²) in [6.45, 7) is 11.5. The van der Waals surface area contributed by atoms with Gasteiger partial charge in [0, 0.05) is 6.61 Å². The summed E-state index contributed by atoms with van der Waals surface area (Å²) < 4.78 is 12.1. The maximum Gasteiger partial charge on any atom is 0.250 e. The number of methoxy groups -OCH3 is 1. The van der Waals surface area contributed by atoms with Crippen LogP contribution in [0.5, 0.6) is 11.5 Å². The van der Waals surface area contributed by atoms with Crippen molar-refractivity contribution in [1.82, 2.24) is 0 Å². The summed E-state index contributed by atoms with van der Waals surface area (Å²) in [5.41, 5.74) is 1.21. The highest BCUT2D eigenvalue weighted by Crippen LogP contribution is 2.41. The normalized spacial score (nSPS) is 12.3. The second-order valence-electron chi connectivity index (χ2n) is 7.35. The summed E-state index contributed by atoms with van der Waals surface area (Å²) >= 11 is 0. The van der Waals surface area contributed by atoms with E-state index in [9.17, 15) is 0 Å². The van der Waals surface area contributed by atoms with Crippen LogP contribution < -0.4 is 9.16 Å². The second kappa shape index (κ2) is 8.02. The largest absolute Gasteiger partial charge is 0.541 e. The van der Waals surface area contributed by atoms with E-state index in [-0.39, 0.29) is 11.6 Å². The molecule has 0 amide bonds. The summed E-state index contributed by atoms with van der Waals surface area (Å²) in [7, 11) is -0.201. The van der Waals surface area contributed by atoms with Gasteiger partial charge in [0.15, 0.2) is 5.75 Å². The predicted octanol–water partition coefficient (Wildman–Crippen LogP) is 4.78. The van der Waals surface area contributed by atoms with Gasteiger partial charge in [-0.05, 0) is 49.0 Å². The average molecular weight is 325 g/mol. The molecule has 0 bridgehead atoms. The van der Waals surface area contributed by atoms with E-state index in [4.69, 9.17) is 14.3 Å². The van der Waals surface area contributed by atoms with Gasteiger partial charge in [0.2, 0.25) is 0 Å². The molecule has 1 rings (SSSR count). The minimum Gasteiger partial charge on any atom is -0.541 e. The van der Waals surface area contributed by atoms with Crippen molar-refractivity contribution in [2.75, 3.05) is 13.7 Å². The van der Waals surface area contributed by atoms with Crippen LogP contribution >= 0.6 is 0 Å². The lowest BCUT2D eigenvalue weighted by molar-refractivity contribution is 0.283. The van der Waals surface area contributed by atoms with Crippen molar-refractivity contribution in [2.24, 2.45) is 0 Å². The van der Waals surface area contributed by atoms with Crippen molar-refractivity contribution in [3.05, 3.63) is 23.8 Å². The Labute approximate surface area is 136 Å². The first-order valence-electron chi connectivity index (χ1n) is 8.18. The van der Waals surface area contributed by atoms with E-state index in [1.54, 1.807) is 7.11 Å². The van der Waals surface area contributed by atoms with Gasteiger partial charge >= 0.3 is 0 Å². The predicted molar refractivity (Wildman–Crippen MR) is 95.5 cm³/mol. The van der Waals surface area contributed by atoms with E-state index in [2.05, 4.69) is 39.9 Å². The molecule has 1 aromatic rings. The first kappa shape index (κ1) is 19.0. The van der Waals surface area contributed by atoms with Crippen molar-refractivity contribution < 1.29 is 14.3 Å². The van der Waals surface area contributed by atoms with Crippen LogP contribution in [0.2, 0.25) is 18.1 Å². The van der Waals surface area contributed by atoms with Crippen LogP contribution in [-0.2, 0) is 6.42 Å². The molecule has 126 valence electrons. The second-order valence-corrected chi connectivity index (χ2v) is 12.1. The maximum atomic E-state index is 8.90. The van der Waals surface area contributed by atoms with Crippen LogP contribution in [0.1, 0.15) is 45.6 Å². The fraction of sp³-hybridized carbons (Fsp3) is 0.667. The van der Waals surface area contributed by atoms with Gasteiger partial charge in [-0.15, -0.1) is 0 Å². The Kier molecular flexibility index (Phi) is 6.94. The van der Waals surface area contributed by atoms with Gasteiger partial charge in [0.25, 0.3) is 8.32 Å². The molecule has 3 nitrogen and oxygen atoms in total. The van der Waals surface area contributed by atoms with Gasteiger partial charge in [-0.1, -0.05) is 39.3 Å². The highest BCUT2D eigenvalue weighted by atomic mass is 28.4. The summed E-state index contributed by atoms with van der Waals surface area (Å²) in [5.74, 6) is 1.74. The monoisotopic (exact) mass is 324 g/mol. The molecule has 0 spiro atoms. The van der Waals surface area contributed by atoms with Crippen LogP contribution in [0.25, 0.3) is 0 Å². The molecule has 1 aromatic carbocycles. The molecule has 0 atom stereocenters. The summed E-state index contributed by atoms with van der Waals surface area (Å²) in [5, 5.41) is 9.06. The lowest BCUT2D eigenvalue weighted by atomic mass is 10.1. The van der Waals surface area contributed by atoms with E-state index in [0.29, 0.717) is 0 Å². The molecule has 0 saturated carbocycles. The van der Waals surface area contributed by atoms with Crippen LogP contribution in [0.3, 0.4) is 0 Å². The van der Waals surface area contributed by atoms with Crippen LogP contribution in [0.15, 0.2) is 18.2 Å². The van der Waals surface area contributed by atoms with Gasteiger partial charge in [0.1, 0.15) is 5.75 Å². The fourth-order valence-corrected chi connectivity index (χ4v) is 3.10. The molecule has 0 fully saturated rings. The highest BCUT2D eigenvalue weighted by molar-refractivity contribution is 6.74. The number of hydrogen-bond donors (Lipinski definition) is 1. The minimum atomic E-state index is -1.90. The first-order valence-corrected chi connectivity index (χ1v) is 11.1. The quantitative estimate of drug-likeness (QED) is 0.552. The molecule has 0 aliphatic carbocycles. The maximum absolute atomic E-state index is 8.90. The average Bonchev–Trinajstić information content (AvgIpc) is 2.43. The zero-order chi connectivity index (χ0) is 16.8. The smallest absolute Gasteiger partial charge is 0.250 e. The Bertz CT molecular complexity index is 464. The molecule has 22 heavy (non-hydrogen) atoms. The van der Waals surface area contributed by atoms with Gasteiger partial charge in [-0.25, -0.2) is 0 Å². The molecule has 0 unspecified atom stereocenters. The fourth-order valence-electron chi connectivity index (χ4n) is 2.05. The molecule has 0 aliphatic heterocycles. The highest BCUT2D eigenvalue weighted by Gasteiger charge is 2.40. The standard InChI is InChI=1S/C18H32O3Si/c1-18(2,3)22(5,6)21-17-15(11-8-7-9-14-19)12-10-13-16(17)20-4/h10,12-13,19H,7-9,11,14H2,1-6H3. The van der Waals surface area contributed by atoms with Crippen LogP contribution in [-0.4, -0.2) is 27.1 Å². The zero-order valence-corrected chi connectivity index (χ0v) is 16.0. The van der Waals surface area contributed by atoms with Crippen molar-refractivity contribution in [2.45, 2.75) is 64.6 Å². The van der Waals surface area contributed by atoms with E-state index in [0.717, 1.165) is 37.2 Å². The molecular weight excluding hydrogens is 292 g/mol. The minimum absolute atomic E-state index is 0.155. The Hall–Kier alpha value is -1.00. The van der Waals surface area contributed by atoms with Gasteiger partial charge < -0.3 is 14.3 Å². The molecule has 1 N–H and O–H groups in total. The van der Waals surface area contributed by atoms with E-state index >= 15 is 0 Å². The Morgan fingerprint density at radius 1 is 1.09 bits per heavy atom. The Balaban J connectivity index is 2.99. The Morgan fingerprint density at radius 3 is 2.32 bits per heavy atom. The van der Waals surface area contributed by atoms with E-state index in [1.165, 1.54) is 5.56 Å². The summed E-state index contributed by atoms with van der Waals surface area (Å²) in [6, 6.07) is 6.13. The molecule has 4 heteroatoms. The number of para-hydroxylation sites is 1. The third kappa shape index (κ3) is 5.02. The molecule has 0 aromatic heterocycles. The summed E-state index contributed by atoms with van der Waals surface area (Å²) in [6.07, 6.45) is 3.92. The number of hydrogen-bond acceptors (Lipinski definition) is 3. The zero-order valence-electron chi connectivity index (χ0n) is 15.0. The molecule has 0 saturated heterocycles. The van der Waals surface area contributed by atoms with Crippen LogP contribution in [0.4, 0.5) is 0 Å². The molecule has 0 aliphatic rings. The van der Waals surface area contributed by atoms with Crippen molar-refractivity contribution >= 4 is 8.32 Å². The van der Waals surface area contributed by atoms with Crippen molar-refractivity contribution in [3.8, 4) is 11.5 Å². The van der Waals surface area contributed by atoms with Crippen molar-refractivity contribution in [3.63, 3.8) is 0 Å². The lowest BCUT2D eigenvalue weighted by Gasteiger charge is -2.37. The SMILES string of the molecule is COc1cccc(CCCCCO)c1O[Si](C)(C)C(C)(C)C. The molecular formula is C18H32O3Si. The third-order valence-electron chi connectivity index (χ3n) is 4.55. The van der Waals surface area contributed by atoms with E-state index in [1.807, 2.05) is 12.1 Å². The number of aryl methyl sites for hydroxylation is 1. The number of benzene rings is 1. The van der Waals surface area contributed by atoms with Crippen LogP contribution in [0, 0.1) is 0 Å². The third-order valence-corrected chi connectivity index (χ3v) is 8.87. The lowest BCUT2D eigenvalue weighted by Crippen LogP contribution is -2.44. The van der Waals surface area contributed by atoms with Gasteiger partial charge in [0.05, 0.1) is 7.11 Å². The molecule has 0 heterocycles. The first-order chi connectivity index (χ1) is 10.2. The number of unbranched alkanes of at least 4 members (excludes halogenated alkanes) is 2. The number of rotatable bonds is 8. The van der Waals surface area contributed by atoms with Crippen molar-refractivity contribution in [1.29, 1.82) is 0 Å². The van der Waals surface area contributed by atoms with Gasteiger partial charge in [-0.3, -0.25) is 0 Å². The summed E-state index contributed by atoms with van der Waals surface area (Å²) in [4.78, 5) is 0. The van der Waals surface area contributed by atoms with Gasteiger partial charge in [-0.2, -0.15) is 0 Å². The Morgan fingerprint density at radius 2 is 1.77 bits per heavy atom. The number of aliphatic hydroxyl groups excluding tert-OH is 1. The number of aliphatic hydroxyl groups is 1. The topological polar surface area (TPSA) is 38.7 Å².